The summed E-state index contributed by atoms with van der Waals surface area (Å²) in [7, 11) is 1.52. The lowest BCUT2D eigenvalue weighted by Crippen LogP contribution is -2.24. The summed E-state index contributed by atoms with van der Waals surface area (Å²) >= 11 is 13.4. The molecular weight excluding hydrogens is 590 g/mol. The second-order valence-corrected chi connectivity index (χ2v) is 9.88. The van der Waals surface area contributed by atoms with E-state index in [1.165, 1.54) is 7.11 Å². The summed E-state index contributed by atoms with van der Waals surface area (Å²) in [5.74, 6) is -0.264. The van der Waals surface area contributed by atoms with E-state index in [4.69, 9.17) is 27.9 Å². The Bertz CT molecular complexity index is 1530. The van der Waals surface area contributed by atoms with Gasteiger partial charge in [-0.05, 0) is 54.6 Å². The van der Waals surface area contributed by atoms with Gasteiger partial charge in [0.1, 0.15) is 5.75 Å². The summed E-state index contributed by atoms with van der Waals surface area (Å²) in [5.41, 5.74) is -0.202. The zero-order chi connectivity index (χ0) is 28.9. The summed E-state index contributed by atoms with van der Waals surface area (Å²) in [4.78, 5) is 25.3. The topological polar surface area (TPSA) is 98.1 Å². The van der Waals surface area contributed by atoms with Crippen LogP contribution in [0.2, 0.25) is 10.0 Å². The number of thioether (sulfide) groups is 1. The van der Waals surface area contributed by atoms with Crippen LogP contribution in [0.3, 0.4) is 0 Å². The molecule has 0 aliphatic rings. The highest BCUT2D eigenvalue weighted by atomic mass is 35.5. The number of halogens is 5. The summed E-state index contributed by atoms with van der Waals surface area (Å²) < 4.78 is 45.9. The van der Waals surface area contributed by atoms with Crippen LogP contribution >= 0.6 is 35.0 Å². The maximum Gasteiger partial charge on any atom is 0.416 e. The molecule has 0 radical (unpaired) electrons. The van der Waals surface area contributed by atoms with Crippen molar-refractivity contribution in [3.05, 3.63) is 93.7 Å². The zero-order valence-corrected chi connectivity index (χ0v) is 23.0. The van der Waals surface area contributed by atoms with E-state index in [1.807, 2.05) is 0 Å². The fraction of sp³-hybridized carbons (Fsp3) is 0.154. The molecule has 2 N–H and O–H groups in total. The molecule has 0 saturated heterocycles. The lowest BCUT2D eigenvalue weighted by molar-refractivity contribution is -0.137. The van der Waals surface area contributed by atoms with Crippen molar-refractivity contribution in [1.82, 2.24) is 20.1 Å². The number of carbonyl (C=O) groups is 2. The monoisotopic (exact) mass is 609 g/mol. The maximum atomic E-state index is 13.1. The predicted molar refractivity (Wildman–Crippen MR) is 146 cm³/mol. The molecule has 8 nitrogen and oxygen atoms in total. The summed E-state index contributed by atoms with van der Waals surface area (Å²) in [6.07, 6.45) is -4.59. The first kappa shape index (κ1) is 29.2. The van der Waals surface area contributed by atoms with Gasteiger partial charge in [0.05, 0.1) is 46.4 Å². The highest BCUT2D eigenvalue weighted by Crippen LogP contribution is 2.34. The fourth-order valence-electron chi connectivity index (χ4n) is 3.50. The second-order valence-electron chi connectivity index (χ2n) is 8.13. The van der Waals surface area contributed by atoms with Crippen LogP contribution in [0.15, 0.2) is 71.9 Å². The van der Waals surface area contributed by atoms with Crippen LogP contribution in [0.1, 0.15) is 21.7 Å². The second kappa shape index (κ2) is 12.6. The maximum absolute atomic E-state index is 13.1. The number of benzene rings is 3. The third-order valence-electron chi connectivity index (χ3n) is 5.45. The molecule has 40 heavy (non-hydrogen) atoms. The van der Waals surface area contributed by atoms with Crippen molar-refractivity contribution >= 4 is 52.5 Å². The predicted octanol–water partition coefficient (Wildman–Crippen LogP) is 6.26. The number of rotatable bonds is 9. The molecule has 0 aliphatic carbocycles. The Morgan fingerprint density at radius 2 is 1.73 bits per heavy atom. The highest BCUT2D eigenvalue weighted by Gasteiger charge is 2.31. The molecular formula is C26H20Cl2F3N5O3S. The molecule has 4 rings (SSSR count). The number of nitrogens with one attached hydrogen (secondary N) is 2. The van der Waals surface area contributed by atoms with E-state index in [-0.39, 0.29) is 34.1 Å². The number of methoxy groups -OCH3 is 1. The average Bonchev–Trinajstić information content (AvgIpc) is 3.34. The molecule has 0 fully saturated rings. The SMILES string of the molecule is COc1ccc(C(=O)NCc2nnc(SCC(=O)Nc3cc(C(F)(F)F)ccc3Cl)n2-c2ccccc2Cl)cc1. The van der Waals surface area contributed by atoms with E-state index in [9.17, 15) is 22.8 Å². The zero-order valence-electron chi connectivity index (χ0n) is 20.6. The number of para-hydroxylation sites is 1. The smallest absolute Gasteiger partial charge is 0.416 e. The van der Waals surface area contributed by atoms with Crippen molar-refractivity contribution in [1.29, 1.82) is 0 Å². The summed E-state index contributed by atoms with van der Waals surface area (Å²) in [5, 5.41) is 14.1. The molecule has 0 bridgehead atoms. The Morgan fingerprint density at radius 1 is 1.00 bits per heavy atom. The molecule has 1 aromatic heterocycles. The summed E-state index contributed by atoms with van der Waals surface area (Å²) in [6.45, 7) is -0.0182. The number of hydrogen-bond donors (Lipinski definition) is 2. The van der Waals surface area contributed by atoms with E-state index in [2.05, 4.69) is 20.8 Å². The molecule has 0 atom stereocenters. The van der Waals surface area contributed by atoms with Crippen molar-refractivity contribution < 1.29 is 27.5 Å². The minimum atomic E-state index is -4.59. The minimum Gasteiger partial charge on any atom is -0.497 e. The first-order chi connectivity index (χ1) is 19.1. The van der Waals surface area contributed by atoms with Gasteiger partial charge in [-0.25, -0.2) is 0 Å². The van der Waals surface area contributed by atoms with Gasteiger partial charge in [0.25, 0.3) is 5.91 Å². The number of nitrogens with zero attached hydrogens (tertiary/aromatic N) is 3. The molecule has 0 saturated carbocycles. The number of carbonyl (C=O) groups excluding carboxylic acids is 2. The quantitative estimate of drug-likeness (QED) is 0.217. The van der Waals surface area contributed by atoms with Gasteiger partial charge in [0.2, 0.25) is 5.91 Å². The van der Waals surface area contributed by atoms with Crippen molar-refractivity contribution in [3.63, 3.8) is 0 Å². The third-order valence-corrected chi connectivity index (χ3v) is 7.03. The Kier molecular flexibility index (Phi) is 9.23. The van der Waals surface area contributed by atoms with Gasteiger partial charge in [-0.1, -0.05) is 47.1 Å². The number of aromatic nitrogens is 3. The van der Waals surface area contributed by atoms with Crippen LogP contribution < -0.4 is 15.4 Å². The van der Waals surface area contributed by atoms with Gasteiger partial charge >= 0.3 is 6.18 Å². The lowest BCUT2D eigenvalue weighted by Gasteiger charge is -2.13. The Balaban J connectivity index is 1.51. The first-order valence-electron chi connectivity index (χ1n) is 11.5. The van der Waals surface area contributed by atoms with Crippen LogP contribution in [0, 0.1) is 0 Å². The van der Waals surface area contributed by atoms with E-state index in [0.717, 1.165) is 30.0 Å². The number of hydrogen-bond acceptors (Lipinski definition) is 6. The first-order valence-corrected chi connectivity index (χ1v) is 13.2. The number of amides is 2. The standard InChI is InChI=1S/C26H20Cl2F3N5O3S/c1-39-17-9-6-15(7-10-17)24(38)32-13-22-34-35-25(36(22)21-5-3-2-4-19(21)28)40-14-23(37)33-20-12-16(26(29,30)31)8-11-18(20)27/h2-12H,13-14H2,1H3,(H,32,38)(H,33,37). The molecule has 14 heteroatoms. The molecule has 0 unspecified atom stereocenters. The van der Waals surface area contributed by atoms with E-state index < -0.39 is 17.6 Å². The van der Waals surface area contributed by atoms with Gasteiger partial charge in [-0.15, -0.1) is 10.2 Å². The molecule has 0 aliphatic heterocycles. The number of ether oxygens (including phenoxy) is 1. The normalized spacial score (nSPS) is 11.2. The molecule has 208 valence electrons. The molecule has 4 aromatic rings. The molecule has 1 heterocycles. The van der Waals surface area contributed by atoms with Gasteiger partial charge in [0.15, 0.2) is 11.0 Å². The Hall–Kier alpha value is -3.74. The largest absolute Gasteiger partial charge is 0.497 e. The van der Waals surface area contributed by atoms with Crippen molar-refractivity contribution in [3.8, 4) is 11.4 Å². The van der Waals surface area contributed by atoms with Gasteiger partial charge in [0, 0.05) is 5.56 Å². The number of anilines is 1. The average molecular weight is 610 g/mol. The van der Waals surface area contributed by atoms with E-state index in [0.29, 0.717) is 27.8 Å². The van der Waals surface area contributed by atoms with Crippen LogP contribution in [-0.4, -0.2) is 39.4 Å². The lowest BCUT2D eigenvalue weighted by atomic mass is 10.2. The van der Waals surface area contributed by atoms with Crippen molar-refractivity contribution in [2.45, 2.75) is 17.9 Å². The Labute approximate surface area is 240 Å². The molecule has 2 amide bonds. The van der Waals surface area contributed by atoms with E-state index in [1.54, 1.807) is 53.1 Å². The molecule has 3 aromatic carbocycles. The number of alkyl halides is 3. The van der Waals surface area contributed by atoms with E-state index >= 15 is 0 Å². The minimum absolute atomic E-state index is 0.0182. The Morgan fingerprint density at radius 3 is 2.40 bits per heavy atom. The van der Waals surface area contributed by atoms with Gasteiger partial charge in [-0.3, -0.25) is 14.2 Å². The van der Waals surface area contributed by atoms with Gasteiger partial charge < -0.3 is 15.4 Å². The van der Waals surface area contributed by atoms with Crippen LogP contribution in [-0.2, 0) is 17.5 Å². The van der Waals surface area contributed by atoms with Gasteiger partial charge in [-0.2, -0.15) is 13.2 Å². The fourth-order valence-corrected chi connectivity index (χ4v) is 4.65. The molecule has 0 spiro atoms. The van der Waals surface area contributed by atoms with Crippen LogP contribution in [0.4, 0.5) is 18.9 Å². The van der Waals surface area contributed by atoms with Crippen molar-refractivity contribution in [2.24, 2.45) is 0 Å². The summed E-state index contributed by atoms with van der Waals surface area (Å²) in [6, 6.07) is 16.1. The van der Waals surface area contributed by atoms with Crippen LogP contribution in [0.5, 0.6) is 5.75 Å². The van der Waals surface area contributed by atoms with Crippen LogP contribution in [0.25, 0.3) is 5.69 Å². The highest BCUT2D eigenvalue weighted by molar-refractivity contribution is 7.99. The van der Waals surface area contributed by atoms with Crippen molar-refractivity contribution in [2.75, 3.05) is 18.2 Å². The third kappa shape index (κ3) is 7.06.